The Morgan fingerprint density at radius 3 is 2.54 bits per heavy atom. The number of ether oxygens (including phenoxy) is 2. The van der Waals surface area contributed by atoms with Crippen molar-refractivity contribution in [3.63, 3.8) is 0 Å². The van der Waals surface area contributed by atoms with Crippen molar-refractivity contribution in [1.29, 1.82) is 0 Å². The lowest BCUT2D eigenvalue weighted by molar-refractivity contribution is -0.132. The summed E-state index contributed by atoms with van der Waals surface area (Å²) in [5, 5.41) is 11.7. The second-order valence-electron chi connectivity index (χ2n) is 9.57. The molecule has 1 unspecified atom stereocenters. The van der Waals surface area contributed by atoms with Gasteiger partial charge in [-0.1, -0.05) is 67.1 Å². The number of nitrogens with zero attached hydrogens (tertiary/aromatic N) is 2. The Balaban J connectivity index is 1.70. The number of hydrogen-bond acceptors (Lipinski definition) is 7. The second kappa shape index (κ2) is 10.9. The molecule has 1 fully saturated rings. The highest BCUT2D eigenvalue weighted by atomic mass is 32.1. The molecule has 39 heavy (non-hydrogen) atoms. The zero-order valence-corrected chi connectivity index (χ0v) is 23.2. The molecule has 1 N–H and O–H groups in total. The predicted octanol–water partition coefficient (Wildman–Crippen LogP) is 6.73. The molecular weight excluding hydrogens is 512 g/mol. The van der Waals surface area contributed by atoms with E-state index in [1.165, 1.54) is 16.2 Å². The largest absolute Gasteiger partial charge is 0.507 e. The number of aromatic nitrogens is 1. The maximum absolute atomic E-state index is 13.6. The van der Waals surface area contributed by atoms with Gasteiger partial charge in [0.15, 0.2) is 16.6 Å². The number of carbonyl (C=O) groups excluding carboxylic acids is 2. The Hall–Kier alpha value is -4.17. The van der Waals surface area contributed by atoms with Gasteiger partial charge in [-0.2, -0.15) is 0 Å². The number of ketones is 1. The molecular formula is C31H30N2O5S. The van der Waals surface area contributed by atoms with Gasteiger partial charge in [-0.3, -0.25) is 14.5 Å². The predicted molar refractivity (Wildman–Crippen MR) is 154 cm³/mol. The van der Waals surface area contributed by atoms with Gasteiger partial charge in [0.2, 0.25) is 0 Å². The van der Waals surface area contributed by atoms with Crippen LogP contribution in [0.25, 0.3) is 16.0 Å². The summed E-state index contributed by atoms with van der Waals surface area (Å²) in [5.74, 6) is -0.703. The Labute approximate surface area is 231 Å². The van der Waals surface area contributed by atoms with E-state index in [0.29, 0.717) is 34.4 Å². The SMILES string of the molecule is CCCCOc1ccc(C2/C(=C(\O)c3ccccc3)C(=O)C(=O)N2c2nc3c(C)cc(C)cc3s2)cc1OC. The van der Waals surface area contributed by atoms with E-state index in [2.05, 4.69) is 6.92 Å². The van der Waals surface area contributed by atoms with E-state index in [9.17, 15) is 14.7 Å². The minimum Gasteiger partial charge on any atom is -0.507 e. The van der Waals surface area contributed by atoms with Crippen molar-refractivity contribution in [3.8, 4) is 11.5 Å². The van der Waals surface area contributed by atoms with Gasteiger partial charge >= 0.3 is 5.91 Å². The van der Waals surface area contributed by atoms with Crippen molar-refractivity contribution in [2.75, 3.05) is 18.6 Å². The smallest absolute Gasteiger partial charge is 0.301 e. The van der Waals surface area contributed by atoms with Crippen LogP contribution in [0.3, 0.4) is 0 Å². The van der Waals surface area contributed by atoms with Crippen LogP contribution in [0, 0.1) is 13.8 Å². The number of anilines is 1. The number of benzene rings is 3. The number of aryl methyl sites for hydroxylation is 2. The van der Waals surface area contributed by atoms with Crippen molar-refractivity contribution in [2.24, 2.45) is 0 Å². The van der Waals surface area contributed by atoms with E-state index in [-0.39, 0.29) is 11.3 Å². The zero-order valence-electron chi connectivity index (χ0n) is 22.4. The highest BCUT2D eigenvalue weighted by Gasteiger charge is 2.48. The average molecular weight is 543 g/mol. The molecule has 0 spiro atoms. The number of rotatable bonds is 8. The molecule has 1 aromatic heterocycles. The number of carbonyl (C=O) groups is 2. The van der Waals surface area contributed by atoms with Gasteiger partial charge in [0.05, 0.1) is 35.5 Å². The van der Waals surface area contributed by atoms with Crippen molar-refractivity contribution in [2.45, 2.75) is 39.7 Å². The summed E-state index contributed by atoms with van der Waals surface area (Å²) in [6, 6.07) is 17.2. The fourth-order valence-electron chi connectivity index (χ4n) is 4.86. The van der Waals surface area contributed by atoms with E-state index < -0.39 is 17.7 Å². The summed E-state index contributed by atoms with van der Waals surface area (Å²) in [6.45, 7) is 6.61. The fraction of sp³-hybridized carbons (Fsp3) is 0.258. The number of aliphatic hydroxyl groups is 1. The highest BCUT2D eigenvalue weighted by molar-refractivity contribution is 7.22. The van der Waals surface area contributed by atoms with Crippen LogP contribution in [0.1, 0.15) is 48.1 Å². The van der Waals surface area contributed by atoms with Crippen molar-refractivity contribution < 1.29 is 24.2 Å². The number of methoxy groups -OCH3 is 1. The maximum atomic E-state index is 13.6. The highest BCUT2D eigenvalue weighted by Crippen LogP contribution is 2.46. The molecule has 1 amide bonds. The third kappa shape index (κ3) is 4.88. The van der Waals surface area contributed by atoms with Crippen molar-refractivity contribution >= 4 is 44.1 Å². The molecule has 1 aliphatic heterocycles. The number of hydrogen-bond donors (Lipinski definition) is 1. The van der Waals surface area contributed by atoms with Gasteiger partial charge in [-0.25, -0.2) is 4.98 Å². The molecule has 1 saturated heterocycles. The Bertz CT molecular complexity index is 1590. The topological polar surface area (TPSA) is 89.0 Å². The van der Waals surface area contributed by atoms with Crippen LogP contribution in [-0.2, 0) is 9.59 Å². The van der Waals surface area contributed by atoms with Crippen LogP contribution in [0.15, 0.2) is 66.2 Å². The van der Waals surface area contributed by atoms with E-state index in [1.54, 1.807) is 49.6 Å². The van der Waals surface area contributed by atoms with Crippen LogP contribution >= 0.6 is 11.3 Å². The Kier molecular flexibility index (Phi) is 7.39. The molecule has 8 heteroatoms. The van der Waals surface area contributed by atoms with E-state index in [1.807, 2.05) is 32.0 Å². The summed E-state index contributed by atoms with van der Waals surface area (Å²) < 4.78 is 12.4. The number of thiazole rings is 1. The minimum atomic E-state index is -0.911. The summed E-state index contributed by atoms with van der Waals surface area (Å²) in [6.07, 6.45) is 1.90. The summed E-state index contributed by atoms with van der Waals surface area (Å²) in [5.41, 5.74) is 3.89. The molecule has 1 aliphatic rings. The molecule has 0 aliphatic carbocycles. The number of fused-ring (bicyclic) bond motifs is 1. The average Bonchev–Trinajstić information content (AvgIpc) is 3.47. The van der Waals surface area contributed by atoms with Crippen LogP contribution in [0.2, 0.25) is 0 Å². The molecule has 3 aromatic carbocycles. The summed E-state index contributed by atoms with van der Waals surface area (Å²) >= 11 is 1.34. The van der Waals surface area contributed by atoms with E-state index >= 15 is 0 Å². The zero-order chi connectivity index (χ0) is 27.7. The first-order chi connectivity index (χ1) is 18.8. The molecule has 2 heterocycles. The van der Waals surface area contributed by atoms with Gasteiger partial charge in [-0.15, -0.1) is 0 Å². The molecule has 5 rings (SSSR count). The lowest BCUT2D eigenvalue weighted by Crippen LogP contribution is -2.29. The maximum Gasteiger partial charge on any atom is 0.301 e. The third-order valence-corrected chi connectivity index (χ3v) is 7.78. The standard InChI is InChI=1S/C31H30N2O5S/c1-5-6-14-38-22-13-12-21(17-23(22)37-4)27-25(28(34)20-10-8-7-9-11-20)29(35)30(36)33(27)31-32-26-19(3)15-18(2)16-24(26)39-31/h7-13,15-17,27,34H,5-6,14H2,1-4H3/b28-25+. The first kappa shape index (κ1) is 26.4. The Morgan fingerprint density at radius 2 is 1.82 bits per heavy atom. The molecule has 4 aromatic rings. The minimum absolute atomic E-state index is 0.0000584. The first-order valence-corrected chi connectivity index (χ1v) is 13.7. The van der Waals surface area contributed by atoms with Crippen LogP contribution in [-0.4, -0.2) is 35.5 Å². The molecule has 200 valence electrons. The molecule has 0 bridgehead atoms. The van der Waals surface area contributed by atoms with Crippen LogP contribution in [0.5, 0.6) is 11.5 Å². The lowest BCUT2D eigenvalue weighted by Gasteiger charge is -2.24. The molecule has 0 radical (unpaired) electrons. The van der Waals surface area contributed by atoms with E-state index in [4.69, 9.17) is 14.5 Å². The van der Waals surface area contributed by atoms with Gasteiger partial charge in [-0.05, 0) is 55.2 Å². The molecule has 1 atom stereocenters. The van der Waals surface area contributed by atoms with E-state index in [0.717, 1.165) is 34.2 Å². The Morgan fingerprint density at radius 1 is 1.05 bits per heavy atom. The van der Waals surface area contributed by atoms with Crippen molar-refractivity contribution in [3.05, 3.63) is 88.5 Å². The third-order valence-electron chi connectivity index (χ3n) is 6.78. The normalized spacial score (nSPS) is 16.7. The summed E-state index contributed by atoms with van der Waals surface area (Å²) in [7, 11) is 1.55. The van der Waals surface area contributed by atoms with Crippen molar-refractivity contribution in [1.82, 2.24) is 4.98 Å². The molecule has 7 nitrogen and oxygen atoms in total. The van der Waals surface area contributed by atoms with Gasteiger partial charge < -0.3 is 14.6 Å². The van der Waals surface area contributed by atoms with Gasteiger partial charge in [0.25, 0.3) is 5.78 Å². The number of aliphatic hydroxyl groups excluding tert-OH is 1. The van der Waals surface area contributed by atoms with Gasteiger partial charge in [0, 0.05) is 5.56 Å². The molecule has 0 saturated carbocycles. The number of amides is 1. The number of unbranched alkanes of at least 4 members (excludes halogenated alkanes) is 1. The van der Waals surface area contributed by atoms with Gasteiger partial charge in [0.1, 0.15) is 5.76 Å². The van der Waals surface area contributed by atoms with Crippen LogP contribution in [0.4, 0.5) is 5.13 Å². The lowest BCUT2D eigenvalue weighted by atomic mass is 9.95. The van der Waals surface area contributed by atoms with Crippen LogP contribution < -0.4 is 14.4 Å². The number of Topliss-reactive ketones (excluding diaryl/α,β-unsaturated/α-hetero) is 1. The monoisotopic (exact) mass is 542 g/mol. The second-order valence-corrected chi connectivity index (χ2v) is 10.6. The summed E-state index contributed by atoms with van der Waals surface area (Å²) in [4.78, 5) is 33.3. The first-order valence-electron chi connectivity index (χ1n) is 12.9. The fourth-order valence-corrected chi connectivity index (χ4v) is 6.03. The quantitative estimate of drug-likeness (QED) is 0.115.